The fourth-order valence-corrected chi connectivity index (χ4v) is 1.40. The van der Waals surface area contributed by atoms with Gasteiger partial charge in [-0.2, -0.15) is 0 Å². The highest BCUT2D eigenvalue weighted by Crippen LogP contribution is 2.15. The zero-order chi connectivity index (χ0) is 11.4. The predicted octanol–water partition coefficient (Wildman–Crippen LogP) is 1.34. The molecule has 0 aliphatic carbocycles. The van der Waals surface area contributed by atoms with Crippen LogP contribution in [0.25, 0.3) is 0 Å². The van der Waals surface area contributed by atoms with E-state index in [2.05, 4.69) is 9.97 Å². The Morgan fingerprint density at radius 1 is 1.12 bits per heavy atom. The number of hydrogen-bond donors (Lipinski definition) is 1. The molecule has 0 radical (unpaired) electrons. The van der Waals surface area contributed by atoms with Crippen molar-refractivity contribution in [3.05, 3.63) is 59.7 Å². The molecule has 4 heteroatoms. The Labute approximate surface area is 93.2 Å². The minimum absolute atomic E-state index is 0.359. The summed E-state index contributed by atoms with van der Waals surface area (Å²) in [7, 11) is 0. The van der Waals surface area contributed by atoms with Gasteiger partial charge in [-0.25, -0.2) is 9.97 Å². The topological polar surface area (TPSA) is 68.9 Å². The summed E-state index contributed by atoms with van der Waals surface area (Å²) in [4.78, 5) is 18.7. The Bertz CT molecular complexity index is 467. The van der Waals surface area contributed by atoms with Crippen molar-refractivity contribution in [2.24, 2.45) is 5.73 Å². The number of carbonyl (C=O) groups excluding carboxylic acids is 1. The van der Waals surface area contributed by atoms with Crippen LogP contribution in [0, 0.1) is 0 Å². The van der Waals surface area contributed by atoms with E-state index in [1.165, 1.54) is 0 Å². The quantitative estimate of drug-likeness (QED) is 0.781. The number of aldehydes is 1. The lowest BCUT2D eigenvalue weighted by Gasteiger charge is -2.09. The van der Waals surface area contributed by atoms with Crippen molar-refractivity contribution in [3.63, 3.8) is 0 Å². The molecule has 0 aliphatic heterocycles. The van der Waals surface area contributed by atoms with Crippen LogP contribution in [0.3, 0.4) is 0 Å². The highest BCUT2D eigenvalue weighted by Gasteiger charge is 2.10. The lowest BCUT2D eigenvalue weighted by Crippen LogP contribution is -2.14. The van der Waals surface area contributed by atoms with E-state index in [0.29, 0.717) is 11.4 Å². The number of nitrogens with zero attached hydrogens (tertiary/aromatic N) is 2. The van der Waals surface area contributed by atoms with Gasteiger partial charge in [-0.15, -0.1) is 0 Å². The SMILES string of the molecule is NC(c1ccc(C=O)cc1)c1ncccn1. The monoisotopic (exact) mass is 213 g/mol. The second-order valence-corrected chi connectivity index (χ2v) is 3.37. The summed E-state index contributed by atoms with van der Waals surface area (Å²) >= 11 is 0. The molecular weight excluding hydrogens is 202 g/mol. The molecule has 0 aliphatic rings. The summed E-state index contributed by atoms with van der Waals surface area (Å²) in [6.45, 7) is 0. The second kappa shape index (κ2) is 4.63. The van der Waals surface area contributed by atoms with Gasteiger partial charge in [0, 0.05) is 18.0 Å². The van der Waals surface area contributed by atoms with Crippen LogP contribution in [0.5, 0.6) is 0 Å². The maximum absolute atomic E-state index is 10.5. The number of carbonyl (C=O) groups is 1. The van der Waals surface area contributed by atoms with Crippen LogP contribution < -0.4 is 5.73 Å². The summed E-state index contributed by atoms with van der Waals surface area (Å²) in [5, 5.41) is 0. The molecule has 1 unspecified atom stereocenters. The van der Waals surface area contributed by atoms with Gasteiger partial charge in [0.15, 0.2) is 0 Å². The van der Waals surface area contributed by atoms with Crippen LogP contribution in [0.4, 0.5) is 0 Å². The highest BCUT2D eigenvalue weighted by molar-refractivity contribution is 5.74. The van der Waals surface area contributed by atoms with Crippen LogP contribution in [-0.2, 0) is 0 Å². The molecule has 0 fully saturated rings. The summed E-state index contributed by atoms with van der Waals surface area (Å²) in [6.07, 6.45) is 4.11. The molecule has 16 heavy (non-hydrogen) atoms. The molecule has 0 saturated heterocycles. The number of aromatic nitrogens is 2. The van der Waals surface area contributed by atoms with Crippen molar-refractivity contribution < 1.29 is 4.79 Å². The largest absolute Gasteiger partial charge is 0.318 e. The molecule has 2 aromatic rings. The molecule has 0 spiro atoms. The minimum atomic E-state index is -0.359. The summed E-state index contributed by atoms with van der Waals surface area (Å²) < 4.78 is 0. The van der Waals surface area contributed by atoms with Gasteiger partial charge < -0.3 is 5.73 Å². The van der Waals surface area contributed by atoms with Gasteiger partial charge in [-0.1, -0.05) is 24.3 Å². The Morgan fingerprint density at radius 2 is 1.75 bits per heavy atom. The molecule has 0 amide bonds. The first-order valence-corrected chi connectivity index (χ1v) is 4.89. The average Bonchev–Trinajstić information content (AvgIpc) is 2.39. The molecule has 1 heterocycles. The normalized spacial score (nSPS) is 12.1. The maximum Gasteiger partial charge on any atom is 0.150 e. The van der Waals surface area contributed by atoms with Crippen molar-refractivity contribution >= 4 is 6.29 Å². The van der Waals surface area contributed by atoms with Crippen LogP contribution >= 0.6 is 0 Å². The molecular formula is C12H11N3O. The van der Waals surface area contributed by atoms with Crippen molar-refractivity contribution in [1.29, 1.82) is 0 Å². The van der Waals surface area contributed by atoms with Gasteiger partial charge in [-0.05, 0) is 11.6 Å². The molecule has 4 nitrogen and oxygen atoms in total. The first kappa shape index (κ1) is 10.4. The van der Waals surface area contributed by atoms with Crippen LogP contribution in [0.15, 0.2) is 42.7 Å². The number of rotatable bonds is 3. The first-order valence-electron chi connectivity index (χ1n) is 4.89. The Morgan fingerprint density at radius 3 is 2.31 bits per heavy atom. The average molecular weight is 213 g/mol. The maximum atomic E-state index is 10.5. The number of benzene rings is 1. The summed E-state index contributed by atoms with van der Waals surface area (Å²) in [5.41, 5.74) is 7.51. The molecule has 1 aromatic carbocycles. The van der Waals surface area contributed by atoms with Gasteiger partial charge in [0.2, 0.25) is 0 Å². The van der Waals surface area contributed by atoms with Gasteiger partial charge in [0.25, 0.3) is 0 Å². The fraction of sp³-hybridized carbons (Fsp3) is 0.0833. The molecule has 1 atom stereocenters. The third-order valence-corrected chi connectivity index (χ3v) is 2.30. The Hall–Kier alpha value is -2.07. The van der Waals surface area contributed by atoms with Crippen LogP contribution in [0.1, 0.15) is 27.8 Å². The third kappa shape index (κ3) is 2.12. The first-order chi connectivity index (χ1) is 7.81. The van der Waals surface area contributed by atoms with E-state index in [1.54, 1.807) is 30.6 Å². The van der Waals surface area contributed by atoms with Gasteiger partial charge >= 0.3 is 0 Å². The molecule has 2 rings (SSSR count). The zero-order valence-electron chi connectivity index (χ0n) is 8.58. The smallest absolute Gasteiger partial charge is 0.150 e. The summed E-state index contributed by atoms with van der Waals surface area (Å²) in [6, 6.07) is 8.46. The van der Waals surface area contributed by atoms with Crippen molar-refractivity contribution in [3.8, 4) is 0 Å². The van der Waals surface area contributed by atoms with Crippen molar-refractivity contribution in [2.75, 3.05) is 0 Å². The second-order valence-electron chi connectivity index (χ2n) is 3.37. The van der Waals surface area contributed by atoms with Crippen LogP contribution in [0.2, 0.25) is 0 Å². The van der Waals surface area contributed by atoms with Crippen LogP contribution in [-0.4, -0.2) is 16.3 Å². The zero-order valence-corrected chi connectivity index (χ0v) is 8.58. The summed E-state index contributed by atoms with van der Waals surface area (Å²) in [5.74, 6) is 0.571. The Balaban J connectivity index is 2.27. The highest BCUT2D eigenvalue weighted by atomic mass is 16.1. The third-order valence-electron chi connectivity index (χ3n) is 2.30. The van der Waals surface area contributed by atoms with E-state index in [9.17, 15) is 4.79 Å². The van der Waals surface area contributed by atoms with Gasteiger partial charge in [0.1, 0.15) is 12.1 Å². The molecule has 1 aromatic heterocycles. The molecule has 0 bridgehead atoms. The molecule has 2 N–H and O–H groups in total. The van der Waals surface area contributed by atoms with E-state index >= 15 is 0 Å². The van der Waals surface area contributed by atoms with E-state index in [0.717, 1.165) is 11.8 Å². The van der Waals surface area contributed by atoms with E-state index < -0.39 is 0 Å². The minimum Gasteiger partial charge on any atom is -0.318 e. The van der Waals surface area contributed by atoms with E-state index in [1.807, 2.05) is 12.1 Å². The number of hydrogen-bond acceptors (Lipinski definition) is 4. The molecule has 80 valence electrons. The van der Waals surface area contributed by atoms with E-state index in [4.69, 9.17) is 5.73 Å². The van der Waals surface area contributed by atoms with Crippen molar-refractivity contribution in [1.82, 2.24) is 9.97 Å². The lowest BCUT2D eigenvalue weighted by atomic mass is 10.1. The van der Waals surface area contributed by atoms with Gasteiger partial charge in [-0.3, -0.25) is 4.79 Å². The predicted molar refractivity (Wildman–Crippen MR) is 59.9 cm³/mol. The molecule has 0 saturated carbocycles. The van der Waals surface area contributed by atoms with E-state index in [-0.39, 0.29) is 6.04 Å². The standard InChI is InChI=1S/C12H11N3O/c13-11(12-14-6-1-7-15-12)10-4-2-9(8-16)3-5-10/h1-8,11H,13H2. The van der Waals surface area contributed by atoms with Crippen molar-refractivity contribution in [2.45, 2.75) is 6.04 Å². The fourth-order valence-electron chi connectivity index (χ4n) is 1.40. The number of nitrogens with two attached hydrogens (primary N) is 1. The Kier molecular flexibility index (Phi) is 3.03. The lowest BCUT2D eigenvalue weighted by molar-refractivity contribution is 0.112. The van der Waals surface area contributed by atoms with Gasteiger partial charge in [0.05, 0.1) is 6.04 Å².